The van der Waals surface area contributed by atoms with Gasteiger partial charge in [-0.3, -0.25) is 0 Å². The maximum Gasteiger partial charge on any atom is 0.128 e. The molecule has 1 heterocycles. The Bertz CT molecular complexity index is 304. The lowest BCUT2D eigenvalue weighted by Gasteiger charge is -2.07. The van der Waals surface area contributed by atoms with Crippen LogP contribution in [0, 0.1) is 0 Å². The van der Waals surface area contributed by atoms with Crippen LogP contribution in [-0.2, 0) is 4.74 Å². The summed E-state index contributed by atoms with van der Waals surface area (Å²) in [6.45, 7) is 4.78. The summed E-state index contributed by atoms with van der Waals surface area (Å²) in [6, 6.07) is 5.99. The van der Waals surface area contributed by atoms with Crippen LogP contribution in [0.2, 0.25) is 0 Å². The molecule has 0 bridgehead atoms. The van der Waals surface area contributed by atoms with Gasteiger partial charge in [-0.05, 0) is 38.3 Å². The van der Waals surface area contributed by atoms with Crippen LogP contribution in [0.1, 0.15) is 26.2 Å². The van der Waals surface area contributed by atoms with E-state index >= 15 is 0 Å². The van der Waals surface area contributed by atoms with Crippen LogP contribution in [-0.4, -0.2) is 31.8 Å². The lowest BCUT2D eigenvalue weighted by molar-refractivity contribution is 0.192. The zero-order valence-electron chi connectivity index (χ0n) is 10.8. The minimum Gasteiger partial charge on any atom is -0.385 e. The summed E-state index contributed by atoms with van der Waals surface area (Å²) in [5, 5.41) is 6.53. The summed E-state index contributed by atoms with van der Waals surface area (Å²) in [5.41, 5.74) is 0. The highest BCUT2D eigenvalue weighted by Crippen LogP contribution is 2.09. The van der Waals surface area contributed by atoms with Gasteiger partial charge in [-0.2, -0.15) is 0 Å². The molecule has 2 N–H and O–H groups in total. The van der Waals surface area contributed by atoms with Crippen molar-refractivity contribution in [1.82, 2.24) is 4.98 Å². The van der Waals surface area contributed by atoms with Gasteiger partial charge in [0.1, 0.15) is 11.6 Å². The van der Waals surface area contributed by atoms with Crippen molar-refractivity contribution in [3.63, 3.8) is 0 Å². The number of unbranched alkanes of at least 4 members (excludes halogenated alkanes) is 2. The second-order valence-electron chi connectivity index (χ2n) is 3.92. The van der Waals surface area contributed by atoms with Crippen molar-refractivity contribution in [2.75, 3.05) is 37.4 Å². The van der Waals surface area contributed by atoms with Gasteiger partial charge in [0.2, 0.25) is 0 Å². The van der Waals surface area contributed by atoms with E-state index < -0.39 is 0 Å². The quantitative estimate of drug-likeness (QED) is 0.648. The molecule has 1 rings (SSSR count). The molecule has 0 aliphatic rings. The fraction of sp³-hybridized carbons (Fsp3) is 0.615. The first-order chi connectivity index (χ1) is 8.36. The molecule has 1 aromatic rings. The van der Waals surface area contributed by atoms with Crippen molar-refractivity contribution in [1.29, 1.82) is 0 Å². The lowest BCUT2D eigenvalue weighted by atomic mass is 10.2. The zero-order chi connectivity index (χ0) is 12.3. The number of nitrogens with one attached hydrogen (secondary N) is 2. The van der Waals surface area contributed by atoms with Crippen molar-refractivity contribution < 1.29 is 4.74 Å². The Morgan fingerprint density at radius 1 is 1.12 bits per heavy atom. The molecule has 4 nitrogen and oxygen atoms in total. The van der Waals surface area contributed by atoms with E-state index in [1.54, 1.807) is 7.11 Å². The van der Waals surface area contributed by atoms with Gasteiger partial charge in [0.05, 0.1) is 0 Å². The number of hydrogen-bond donors (Lipinski definition) is 2. The fourth-order valence-electron chi connectivity index (χ4n) is 1.58. The number of nitrogens with zero attached hydrogens (tertiary/aromatic N) is 1. The third-order valence-corrected chi connectivity index (χ3v) is 2.44. The van der Waals surface area contributed by atoms with E-state index in [-0.39, 0.29) is 0 Å². The number of hydrogen-bond acceptors (Lipinski definition) is 4. The molecule has 4 heteroatoms. The van der Waals surface area contributed by atoms with E-state index in [9.17, 15) is 0 Å². The molecule has 17 heavy (non-hydrogen) atoms. The topological polar surface area (TPSA) is 46.2 Å². The van der Waals surface area contributed by atoms with Crippen molar-refractivity contribution in [2.45, 2.75) is 26.2 Å². The van der Waals surface area contributed by atoms with Gasteiger partial charge in [-0.25, -0.2) is 4.98 Å². The molecule has 0 aliphatic carbocycles. The van der Waals surface area contributed by atoms with Gasteiger partial charge >= 0.3 is 0 Å². The predicted octanol–water partition coefficient (Wildman–Crippen LogP) is 2.74. The summed E-state index contributed by atoms with van der Waals surface area (Å²) in [4.78, 5) is 4.45. The van der Waals surface area contributed by atoms with Gasteiger partial charge in [0.15, 0.2) is 0 Å². The maximum atomic E-state index is 5.01. The van der Waals surface area contributed by atoms with Crippen LogP contribution < -0.4 is 10.6 Å². The summed E-state index contributed by atoms with van der Waals surface area (Å²) in [5.74, 6) is 1.87. The van der Waals surface area contributed by atoms with Crippen LogP contribution in [0.4, 0.5) is 11.6 Å². The van der Waals surface area contributed by atoms with Crippen molar-refractivity contribution in [3.05, 3.63) is 18.2 Å². The average Bonchev–Trinajstić information content (AvgIpc) is 2.35. The van der Waals surface area contributed by atoms with Crippen LogP contribution in [0.25, 0.3) is 0 Å². The van der Waals surface area contributed by atoms with Crippen LogP contribution in [0.3, 0.4) is 0 Å². The Balaban J connectivity index is 2.19. The Kier molecular flexibility index (Phi) is 7.14. The lowest BCUT2D eigenvalue weighted by Crippen LogP contribution is -2.06. The van der Waals surface area contributed by atoms with Crippen molar-refractivity contribution >= 4 is 11.6 Å². The molecule has 0 aliphatic heterocycles. The molecule has 96 valence electrons. The number of anilines is 2. The minimum atomic E-state index is 0.855. The zero-order valence-corrected chi connectivity index (χ0v) is 10.8. The average molecular weight is 237 g/mol. The SMILES string of the molecule is CCNc1cccc(NCCCCCOC)n1. The normalized spacial score (nSPS) is 10.2. The van der Waals surface area contributed by atoms with Crippen molar-refractivity contribution in [3.8, 4) is 0 Å². The molecular weight excluding hydrogens is 214 g/mol. The smallest absolute Gasteiger partial charge is 0.128 e. The number of ether oxygens (including phenoxy) is 1. The van der Waals surface area contributed by atoms with Crippen molar-refractivity contribution in [2.24, 2.45) is 0 Å². The van der Waals surface area contributed by atoms with E-state index in [4.69, 9.17) is 4.74 Å². The predicted molar refractivity (Wildman–Crippen MR) is 72.6 cm³/mol. The Morgan fingerprint density at radius 2 is 1.88 bits per heavy atom. The highest BCUT2D eigenvalue weighted by molar-refractivity contribution is 5.44. The van der Waals surface area contributed by atoms with Crippen LogP contribution in [0.5, 0.6) is 0 Å². The van der Waals surface area contributed by atoms with Gasteiger partial charge in [0, 0.05) is 26.8 Å². The molecule has 0 saturated heterocycles. The molecule has 0 aromatic carbocycles. The molecule has 0 atom stereocenters. The monoisotopic (exact) mass is 237 g/mol. The van der Waals surface area contributed by atoms with Gasteiger partial charge in [-0.1, -0.05) is 6.07 Å². The summed E-state index contributed by atoms with van der Waals surface area (Å²) < 4.78 is 5.01. The Morgan fingerprint density at radius 3 is 2.59 bits per heavy atom. The standard InChI is InChI=1S/C13H23N3O/c1-3-14-12-8-7-9-13(16-12)15-10-5-4-6-11-17-2/h7-9H,3-6,10-11H2,1-2H3,(H2,14,15,16). The second-order valence-corrected chi connectivity index (χ2v) is 3.92. The molecule has 1 aromatic heterocycles. The number of rotatable bonds is 9. The Labute approximate surface area is 104 Å². The van der Waals surface area contributed by atoms with E-state index in [1.165, 1.54) is 6.42 Å². The first kappa shape index (κ1) is 13.8. The first-order valence-corrected chi connectivity index (χ1v) is 6.30. The van der Waals surface area contributed by atoms with Crippen LogP contribution in [0.15, 0.2) is 18.2 Å². The van der Waals surface area contributed by atoms with E-state index in [1.807, 2.05) is 18.2 Å². The number of aromatic nitrogens is 1. The van der Waals surface area contributed by atoms with E-state index in [0.29, 0.717) is 0 Å². The minimum absolute atomic E-state index is 0.855. The number of pyridine rings is 1. The molecule has 0 radical (unpaired) electrons. The van der Waals surface area contributed by atoms with Crippen LogP contribution >= 0.6 is 0 Å². The highest BCUT2D eigenvalue weighted by atomic mass is 16.5. The maximum absolute atomic E-state index is 5.01. The molecule has 0 fully saturated rings. The van der Waals surface area contributed by atoms with Gasteiger partial charge in [-0.15, -0.1) is 0 Å². The molecule has 0 amide bonds. The molecular formula is C13H23N3O. The largest absolute Gasteiger partial charge is 0.385 e. The van der Waals surface area contributed by atoms with Gasteiger partial charge in [0.25, 0.3) is 0 Å². The molecule has 0 spiro atoms. The Hall–Kier alpha value is -1.29. The van der Waals surface area contributed by atoms with E-state index in [2.05, 4.69) is 22.5 Å². The second kappa shape index (κ2) is 8.82. The molecule has 0 saturated carbocycles. The fourth-order valence-corrected chi connectivity index (χ4v) is 1.58. The molecule has 0 unspecified atom stereocenters. The third kappa shape index (κ3) is 6.12. The summed E-state index contributed by atoms with van der Waals surface area (Å²) in [6.07, 6.45) is 3.47. The third-order valence-electron chi connectivity index (χ3n) is 2.44. The summed E-state index contributed by atoms with van der Waals surface area (Å²) in [7, 11) is 1.74. The van der Waals surface area contributed by atoms with Gasteiger partial charge < -0.3 is 15.4 Å². The van der Waals surface area contributed by atoms with E-state index in [0.717, 1.165) is 44.2 Å². The number of methoxy groups -OCH3 is 1. The first-order valence-electron chi connectivity index (χ1n) is 6.30. The highest BCUT2D eigenvalue weighted by Gasteiger charge is 1.95. The summed E-state index contributed by atoms with van der Waals surface area (Å²) >= 11 is 0.